The molecule has 0 radical (unpaired) electrons. The number of aromatic nitrogens is 4. The molecule has 3 aromatic rings. The summed E-state index contributed by atoms with van der Waals surface area (Å²) in [4.78, 5) is 18.1. The first-order valence-electron chi connectivity index (χ1n) is 7.98. The van der Waals surface area contributed by atoms with E-state index in [-0.39, 0.29) is 36.3 Å². The van der Waals surface area contributed by atoms with Crippen LogP contribution in [0.5, 0.6) is 0 Å². The second kappa shape index (κ2) is 7.25. The number of nitrogens with zero attached hydrogens (tertiary/aromatic N) is 4. The average molecular weight is 421 g/mol. The van der Waals surface area contributed by atoms with Gasteiger partial charge in [0, 0.05) is 22.6 Å². The molecule has 0 bridgehead atoms. The Morgan fingerprint density at radius 2 is 2.04 bits per heavy atom. The van der Waals surface area contributed by atoms with Crippen LogP contribution in [0.15, 0.2) is 16.9 Å². The highest BCUT2D eigenvalue weighted by molar-refractivity contribution is 7.17. The molecule has 0 amide bonds. The van der Waals surface area contributed by atoms with Crippen LogP contribution in [0.25, 0.3) is 4.96 Å². The van der Waals surface area contributed by atoms with E-state index in [1.54, 1.807) is 6.92 Å². The lowest BCUT2D eigenvalue weighted by atomic mass is 10.1. The van der Waals surface area contributed by atoms with Gasteiger partial charge in [-0.25, -0.2) is 4.98 Å². The van der Waals surface area contributed by atoms with Crippen molar-refractivity contribution in [1.29, 1.82) is 0 Å². The van der Waals surface area contributed by atoms with Crippen LogP contribution in [0.2, 0.25) is 0 Å². The zero-order valence-electron chi connectivity index (χ0n) is 14.4. The van der Waals surface area contributed by atoms with Crippen molar-refractivity contribution >= 4 is 27.9 Å². The van der Waals surface area contributed by atoms with Crippen molar-refractivity contribution in [3.8, 4) is 0 Å². The summed E-state index contributed by atoms with van der Waals surface area (Å²) in [5, 5.41) is 13.3. The maximum Gasteiger partial charge on any atom is 0.433 e. The molecule has 1 atom stereocenters. The second-order valence-corrected chi connectivity index (χ2v) is 7.59. The molecule has 0 aliphatic heterocycles. The van der Waals surface area contributed by atoms with E-state index in [4.69, 9.17) is 11.6 Å². The van der Waals surface area contributed by atoms with Gasteiger partial charge in [-0.05, 0) is 13.0 Å². The summed E-state index contributed by atoms with van der Waals surface area (Å²) >= 11 is 6.85. The summed E-state index contributed by atoms with van der Waals surface area (Å²) in [6.45, 7) is 3.15. The topological polar surface area (TPSA) is 72.4 Å². The lowest BCUT2D eigenvalue weighted by Crippen LogP contribution is -2.21. The molecule has 27 heavy (non-hydrogen) atoms. The molecular formula is C16H16ClF3N4O2S. The molecule has 0 aliphatic carbocycles. The lowest BCUT2D eigenvalue weighted by molar-refractivity contribution is -0.144. The van der Waals surface area contributed by atoms with Gasteiger partial charge in [0.2, 0.25) is 0 Å². The Bertz CT molecular complexity index is 1040. The fourth-order valence-electron chi connectivity index (χ4n) is 2.92. The number of aliphatic hydroxyl groups is 1. The molecule has 0 saturated heterocycles. The summed E-state index contributed by atoms with van der Waals surface area (Å²) in [6, 6.07) is 2.07. The Hall–Kier alpha value is -1.91. The van der Waals surface area contributed by atoms with Crippen LogP contribution in [0.4, 0.5) is 13.2 Å². The Balaban J connectivity index is 2.08. The lowest BCUT2D eigenvalue weighted by Gasteiger charge is -2.11. The minimum Gasteiger partial charge on any atom is -0.396 e. The summed E-state index contributed by atoms with van der Waals surface area (Å²) in [7, 11) is 0. The SMILES string of the molecule is Cc1sc2nc(Cn3nc(CCl)cc3C(F)(F)F)cc(=O)n2c1C(C)CO. The molecular weight excluding hydrogens is 405 g/mol. The highest BCUT2D eigenvalue weighted by atomic mass is 35.5. The summed E-state index contributed by atoms with van der Waals surface area (Å²) < 4.78 is 41.8. The van der Waals surface area contributed by atoms with Crippen LogP contribution in [-0.4, -0.2) is 30.9 Å². The molecule has 146 valence electrons. The molecule has 0 aromatic carbocycles. The van der Waals surface area contributed by atoms with Gasteiger partial charge in [-0.2, -0.15) is 18.3 Å². The highest BCUT2D eigenvalue weighted by Crippen LogP contribution is 2.31. The van der Waals surface area contributed by atoms with E-state index in [1.165, 1.54) is 21.8 Å². The van der Waals surface area contributed by atoms with Gasteiger partial charge < -0.3 is 5.11 Å². The van der Waals surface area contributed by atoms with Crippen LogP contribution in [0, 0.1) is 6.92 Å². The smallest absolute Gasteiger partial charge is 0.396 e. The molecule has 1 N–H and O–H groups in total. The molecule has 0 aliphatic rings. The van der Waals surface area contributed by atoms with Crippen LogP contribution in [0.3, 0.4) is 0 Å². The van der Waals surface area contributed by atoms with Crippen LogP contribution in [0.1, 0.15) is 40.5 Å². The maximum atomic E-state index is 13.2. The largest absolute Gasteiger partial charge is 0.433 e. The van der Waals surface area contributed by atoms with Crippen molar-refractivity contribution in [2.24, 2.45) is 0 Å². The fraction of sp³-hybridized carbons (Fsp3) is 0.438. The van der Waals surface area contributed by atoms with Gasteiger partial charge in [-0.3, -0.25) is 13.9 Å². The molecule has 0 spiro atoms. The molecule has 11 heteroatoms. The number of hydrogen-bond donors (Lipinski definition) is 1. The zero-order chi connectivity index (χ0) is 19.9. The van der Waals surface area contributed by atoms with Crippen LogP contribution in [-0.2, 0) is 18.6 Å². The minimum absolute atomic E-state index is 0.0906. The van der Waals surface area contributed by atoms with Gasteiger partial charge >= 0.3 is 6.18 Å². The van der Waals surface area contributed by atoms with E-state index in [0.29, 0.717) is 10.7 Å². The monoisotopic (exact) mass is 420 g/mol. The van der Waals surface area contributed by atoms with Gasteiger partial charge in [-0.15, -0.1) is 22.9 Å². The van der Waals surface area contributed by atoms with Gasteiger partial charge in [0.1, 0.15) is 5.69 Å². The quantitative estimate of drug-likeness (QED) is 0.643. The van der Waals surface area contributed by atoms with Gasteiger partial charge in [0.15, 0.2) is 4.96 Å². The number of alkyl halides is 4. The first-order chi connectivity index (χ1) is 12.7. The molecule has 3 rings (SSSR count). The summed E-state index contributed by atoms with van der Waals surface area (Å²) in [5.74, 6) is -0.420. The Morgan fingerprint density at radius 3 is 2.63 bits per heavy atom. The maximum absolute atomic E-state index is 13.2. The van der Waals surface area contributed by atoms with E-state index in [0.717, 1.165) is 15.6 Å². The molecule has 3 heterocycles. The Labute approximate surface area is 160 Å². The van der Waals surface area contributed by atoms with Crippen molar-refractivity contribution in [1.82, 2.24) is 19.2 Å². The number of thiazole rings is 1. The van der Waals surface area contributed by atoms with Crippen molar-refractivity contribution in [2.45, 2.75) is 38.4 Å². The minimum atomic E-state index is -4.60. The van der Waals surface area contributed by atoms with Crippen molar-refractivity contribution in [3.63, 3.8) is 0 Å². The van der Waals surface area contributed by atoms with Crippen molar-refractivity contribution in [2.75, 3.05) is 6.61 Å². The predicted octanol–water partition coefficient (Wildman–Crippen LogP) is 3.16. The molecule has 1 unspecified atom stereocenters. The van der Waals surface area contributed by atoms with E-state index in [2.05, 4.69) is 10.1 Å². The third-order valence-corrected chi connectivity index (χ3v) is 5.34. The molecule has 6 nitrogen and oxygen atoms in total. The Kier molecular flexibility index (Phi) is 5.33. The number of aryl methyl sites for hydroxylation is 1. The fourth-order valence-corrected chi connectivity index (χ4v) is 4.16. The number of hydrogen-bond acceptors (Lipinski definition) is 5. The number of rotatable bonds is 5. The number of aliphatic hydroxyl groups excluding tert-OH is 1. The number of fused-ring (bicyclic) bond motifs is 1. The number of halogens is 4. The summed E-state index contributed by atoms with van der Waals surface area (Å²) in [5.41, 5.74) is -0.446. The van der Waals surface area contributed by atoms with Crippen molar-refractivity contribution < 1.29 is 18.3 Å². The molecule has 3 aromatic heterocycles. The third-order valence-electron chi connectivity index (χ3n) is 4.10. The first kappa shape index (κ1) is 19.8. The van der Waals surface area contributed by atoms with Crippen LogP contribution < -0.4 is 5.56 Å². The zero-order valence-corrected chi connectivity index (χ0v) is 16.0. The van der Waals surface area contributed by atoms with Gasteiger partial charge in [-0.1, -0.05) is 6.92 Å². The average Bonchev–Trinajstić information content (AvgIpc) is 3.14. The van der Waals surface area contributed by atoms with E-state index < -0.39 is 17.4 Å². The van der Waals surface area contributed by atoms with E-state index in [9.17, 15) is 23.1 Å². The third kappa shape index (κ3) is 3.74. The van der Waals surface area contributed by atoms with E-state index in [1.807, 2.05) is 6.92 Å². The van der Waals surface area contributed by atoms with Crippen LogP contribution >= 0.6 is 22.9 Å². The standard InChI is InChI=1S/C16H16ClF3N4O2S/c1-8(7-25)14-9(2)27-15-21-11(4-13(26)24(14)15)6-23-12(16(18,19)20)3-10(5-17)22-23/h3-4,8,25H,5-7H2,1-2H3. The van der Waals surface area contributed by atoms with Crippen molar-refractivity contribution in [3.05, 3.63) is 50.1 Å². The normalized spacial score (nSPS) is 13.4. The van der Waals surface area contributed by atoms with E-state index >= 15 is 0 Å². The molecule has 0 saturated carbocycles. The molecule has 0 fully saturated rings. The second-order valence-electron chi connectivity index (χ2n) is 6.14. The predicted molar refractivity (Wildman–Crippen MR) is 95.5 cm³/mol. The first-order valence-corrected chi connectivity index (χ1v) is 9.33. The van der Waals surface area contributed by atoms with Gasteiger partial charge in [0.05, 0.1) is 30.4 Å². The highest BCUT2D eigenvalue weighted by Gasteiger charge is 2.36. The Morgan fingerprint density at radius 1 is 1.33 bits per heavy atom. The summed E-state index contributed by atoms with van der Waals surface area (Å²) in [6.07, 6.45) is -4.60. The van der Waals surface area contributed by atoms with Gasteiger partial charge in [0.25, 0.3) is 5.56 Å².